The predicted molar refractivity (Wildman–Crippen MR) is 460 cm³/mol. The Balaban J connectivity index is 0.000000121. The quantitative estimate of drug-likeness (QED) is 0.0987. The highest BCUT2D eigenvalue weighted by Crippen LogP contribution is 2.44. The van der Waals surface area contributed by atoms with Gasteiger partial charge in [0.05, 0.1) is 43.0 Å². The number of furan rings is 2. The van der Waals surface area contributed by atoms with E-state index in [1.807, 2.05) is 72.8 Å². The molecule has 1 aliphatic rings. The van der Waals surface area contributed by atoms with Crippen LogP contribution in [0.2, 0.25) is 5.28 Å². The van der Waals surface area contributed by atoms with E-state index in [9.17, 15) is 0 Å². The molecule has 0 amide bonds. The summed E-state index contributed by atoms with van der Waals surface area (Å²) in [5, 5.41) is 7.17. The van der Waals surface area contributed by atoms with Gasteiger partial charge in [-0.15, -0.1) is 22.7 Å². The summed E-state index contributed by atoms with van der Waals surface area (Å²) in [5.41, 5.74) is 24.7. The van der Waals surface area contributed by atoms with Crippen LogP contribution in [0.3, 0.4) is 0 Å². The molecule has 0 bridgehead atoms. The van der Waals surface area contributed by atoms with E-state index in [2.05, 4.69) is 305 Å². The van der Waals surface area contributed by atoms with E-state index in [4.69, 9.17) is 39.7 Å². The maximum Gasteiger partial charge on any atom is 0.494 e. The van der Waals surface area contributed by atoms with Crippen LogP contribution >= 0.6 is 34.3 Å². The molecule has 14 aromatic carbocycles. The molecule has 0 N–H and O–H groups in total. The Morgan fingerprint density at radius 3 is 1.14 bits per heavy atom. The van der Waals surface area contributed by atoms with Gasteiger partial charge in [0.1, 0.15) is 22.3 Å². The van der Waals surface area contributed by atoms with Crippen molar-refractivity contribution in [2.45, 2.75) is 38.9 Å². The summed E-state index contributed by atoms with van der Waals surface area (Å²) >= 11 is 9.58. The molecular formula is C98H68BClN4O4S2. The highest BCUT2D eigenvalue weighted by molar-refractivity contribution is 7.26. The van der Waals surface area contributed by atoms with Crippen LogP contribution < -0.4 is 5.46 Å². The van der Waals surface area contributed by atoms with Crippen LogP contribution in [0.4, 0.5) is 0 Å². The van der Waals surface area contributed by atoms with Crippen molar-refractivity contribution in [1.29, 1.82) is 0 Å². The van der Waals surface area contributed by atoms with E-state index in [1.54, 1.807) is 22.7 Å². The second-order valence-corrected chi connectivity index (χ2v) is 31.1. The Kier molecular flexibility index (Phi) is 17.5. The monoisotopic (exact) mass is 1470 g/mol. The maximum absolute atomic E-state index is 6.32. The Labute approximate surface area is 649 Å². The molecule has 0 aliphatic carbocycles. The lowest BCUT2D eigenvalue weighted by Crippen LogP contribution is -2.41. The van der Waals surface area contributed by atoms with Gasteiger partial charge in [-0.1, -0.05) is 297 Å². The first-order chi connectivity index (χ1) is 53.9. The molecule has 8 nitrogen and oxygen atoms in total. The van der Waals surface area contributed by atoms with E-state index >= 15 is 0 Å². The lowest BCUT2D eigenvalue weighted by molar-refractivity contribution is 0.00578. The molecule has 1 saturated heterocycles. The number of rotatable bonds is 10. The van der Waals surface area contributed by atoms with Gasteiger partial charge in [0.15, 0.2) is 5.82 Å². The molecule has 7 heterocycles. The smallest absolute Gasteiger partial charge is 0.455 e. The molecular weight excluding hydrogens is 1410 g/mol. The minimum Gasteiger partial charge on any atom is -0.455 e. The fourth-order valence-corrected chi connectivity index (χ4v) is 17.4. The topological polar surface area (TPSA) is 96.3 Å². The van der Waals surface area contributed by atoms with Crippen molar-refractivity contribution in [2.24, 2.45) is 0 Å². The average molecular weight is 1480 g/mol. The maximum atomic E-state index is 6.32. The third kappa shape index (κ3) is 12.8. The van der Waals surface area contributed by atoms with Gasteiger partial charge in [0.2, 0.25) is 5.28 Å². The van der Waals surface area contributed by atoms with Gasteiger partial charge in [0, 0.05) is 69.5 Å². The van der Waals surface area contributed by atoms with E-state index < -0.39 is 0 Å². The summed E-state index contributed by atoms with van der Waals surface area (Å²) in [6, 6.07) is 118. The molecule has 21 rings (SSSR count). The zero-order chi connectivity index (χ0) is 74.0. The minimum atomic E-state index is -0.378. The van der Waals surface area contributed by atoms with Gasteiger partial charge >= 0.3 is 7.12 Å². The SMILES string of the molecule is CC1(C)OB(c2cccc(-c3cccc(-c4ccc(-c5cccc6c5oc5ccccc56)cc4)c3)c2)OC1(C)C.Clc1nc(-c2ccccc2)c2sc3ccccc3c2n1.c1ccc(-c2nc(-c3cccc(-c4cccc(-c5ccc(-c6cccc7c6oc6ccccc67)cc5)c4)c3)nc3c2sc2ccccc23)cc1. The molecule has 110 heavy (non-hydrogen) atoms. The summed E-state index contributed by atoms with van der Waals surface area (Å²) in [6.45, 7) is 8.34. The molecule has 0 unspecified atom stereocenters. The van der Waals surface area contributed by atoms with Crippen molar-refractivity contribution >= 4 is 131 Å². The van der Waals surface area contributed by atoms with Crippen LogP contribution in [0, 0.1) is 0 Å². The number of nitrogens with zero attached hydrogens (tertiary/aromatic N) is 4. The zero-order valence-electron chi connectivity index (χ0n) is 60.5. The number of para-hydroxylation sites is 4. The summed E-state index contributed by atoms with van der Waals surface area (Å²) in [6.07, 6.45) is 0. The predicted octanol–water partition coefficient (Wildman–Crippen LogP) is 27.1. The largest absolute Gasteiger partial charge is 0.494 e. The van der Waals surface area contributed by atoms with Crippen LogP contribution in [0.25, 0.3) is 185 Å². The van der Waals surface area contributed by atoms with Crippen LogP contribution in [-0.2, 0) is 9.31 Å². The Morgan fingerprint density at radius 2 is 0.645 bits per heavy atom. The fraction of sp³-hybridized carbons (Fsp3) is 0.0612. The minimum absolute atomic E-state index is 0.292. The summed E-state index contributed by atoms with van der Waals surface area (Å²) in [7, 11) is -0.378. The van der Waals surface area contributed by atoms with Gasteiger partial charge in [-0.25, -0.2) is 19.9 Å². The number of fused-ring (bicyclic) bond motifs is 12. The first-order valence-corrected chi connectivity index (χ1v) is 38.8. The highest BCUT2D eigenvalue weighted by atomic mass is 35.5. The van der Waals surface area contributed by atoms with Crippen LogP contribution in [-0.4, -0.2) is 38.3 Å². The lowest BCUT2D eigenvalue weighted by atomic mass is 9.78. The molecule has 1 aliphatic heterocycles. The molecule has 6 aromatic heterocycles. The van der Waals surface area contributed by atoms with Gasteiger partial charge in [-0.2, -0.15) is 0 Å². The first-order valence-electron chi connectivity index (χ1n) is 36.8. The Morgan fingerprint density at radius 1 is 0.291 bits per heavy atom. The van der Waals surface area contributed by atoms with Gasteiger partial charge in [-0.05, 0) is 143 Å². The van der Waals surface area contributed by atoms with Crippen LogP contribution in [0.1, 0.15) is 27.7 Å². The molecule has 0 atom stereocenters. The number of hydrogen-bond acceptors (Lipinski definition) is 10. The highest BCUT2D eigenvalue weighted by Gasteiger charge is 2.51. The van der Waals surface area contributed by atoms with Gasteiger partial charge in [-0.3, -0.25) is 0 Å². The molecule has 12 heteroatoms. The normalized spacial score (nSPS) is 13.2. The van der Waals surface area contributed by atoms with Crippen molar-refractivity contribution in [1.82, 2.24) is 19.9 Å². The van der Waals surface area contributed by atoms with Crippen molar-refractivity contribution < 1.29 is 18.1 Å². The number of halogens is 1. The first kappa shape index (κ1) is 68.1. The molecule has 1 fully saturated rings. The Hall–Kier alpha value is -12.4. The molecule has 20 aromatic rings. The fourth-order valence-electron chi connectivity index (χ4n) is 14.9. The van der Waals surface area contributed by atoms with E-state index in [0.29, 0.717) is 5.28 Å². The van der Waals surface area contributed by atoms with Gasteiger partial charge < -0.3 is 18.1 Å². The standard InChI is InChI=1S/C46H28N2OS.C36H31BO3.C16H9ClN2S/c1-2-11-31(12-3-1)42-45-43(39-18-5-7-22-41(39)50-45)48-46(47-42)35-16-9-15-34(28-35)33-14-8-13-32(27-33)29-23-25-30(26-24-29)36-19-10-20-38-37-17-4-6-21-40(37)49-44(36)38;1-35(2)36(3,4)40-37(39-35)29-13-8-12-28(23-29)27-11-7-10-26(22-27)24-18-20-25(21-19-24)30-15-9-16-32-31-14-5-6-17-33(31)38-34(30)32;17-16-18-13(10-6-2-1-3-7-10)15-14(19-16)11-8-4-5-9-12(11)20-15/h1-28H;5-23H,1-4H3;1-9H. The Bertz CT molecular complexity index is 6880. The number of benzene rings is 14. The van der Waals surface area contributed by atoms with E-state index in [0.717, 1.165) is 170 Å². The number of thiophene rings is 2. The van der Waals surface area contributed by atoms with Crippen molar-refractivity contribution in [2.75, 3.05) is 0 Å². The third-order valence-electron chi connectivity index (χ3n) is 21.3. The third-order valence-corrected chi connectivity index (χ3v) is 23.8. The van der Waals surface area contributed by atoms with Crippen LogP contribution in [0.15, 0.2) is 349 Å². The zero-order valence-corrected chi connectivity index (χ0v) is 62.9. The summed E-state index contributed by atoms with van der Waals surface area (Å²) in [5.74, 6) is 0.730. The van der Waals surface area contributed by atoms with Gasteiger partial charge in [0.25, 0.3) is 0 Å². The second-order valence-electron chi connectivity index (χ2n) is 28.7. The molecule has 0 saturated carbocycles. The van der Waals surface area contributed by atoms with E-state index in [1.165, 1.54) is 20.5 Å². The van der Waals surface area contributed by atoms with Crippen molar-refractivity contribution in [3.05, 3.63) is 345 Å². The number of hydrogen-bond donors (Lipinski definition) is 0. The van der Waals surface area contributed by atoms with E-state index in [-0.39, 0.29) is 18.3 Å². The summed E-state index contributed by atoms with van der Waals surface area (Å²) < 4.78 is 29.8. The summed E-state index contributed by atoms with van der Waals surface area (Å²) in [4.78, 5) is 19.2. The molecule has 0 radical (unpaired) electrons. The lowest BCUT2D eigenvalue weighted by Gasteiger charge is -2.32. The van der Waals surface area contributed by atoms with Crippen molar-refractivity contribution in [3.8, 4) is 101 Å². The number of aromatic nitrogens is 4. The molecule has 0 spiro atoms. The van der Waals surface area contributed by atoms with Crippen LogP contribution in [0.5, 0.6) is 0 Å². The second kappa shape index (κ2) is 28.3. The molecule has 526 valence electrons. The van der Waals surface area contributed by atoms with Crippen molar-refractivity contribution in [3.63, 3.8) is 0 Å². The average Bonchev–Trinajstić information content (AvgIpc) is 1.61.